The molecular formula is C29H29N5O3. The van der Waals surface area contributed by atoms with Crippen LogP contribution in [-0.2, 0) is 11.3 Å². The van der Waals surface area contributed by atoms with Crippen LogP contribution in [-0.4, -0.2) is 64.5 Å². The highest BCUT2D eigenvalue weighted by Gasteiger charge is 2.27. The summed E-state index contributed by atoms with van der Waals surface area (Å²) in [6.07, 6.45) is 1.46. The molecule has 0 unspecified atom stereocenters. The number of aryl methyl sites for hydroxylation is 1. The van der Waals surface area contributed by atoms with Crippen LogP contribution in [0.15, 0.2) is 89.5 Å². The van der Waals surface area contributed by atoms with E-state index >= 15 is 0 Å². The Balaban J connectivity index is 1.20. The first-order chi connectivity index (χ1) is 18.1. The fourth-order valence-electron chi connectivity index (χ4n) is 4.38. The van der Waals surface area contributed by atoms with Crippen molar-refractivity contribution >= 4 is 17.6 Å². The molecule has 0 bridgehead atoms. The highest BCUT2D eigenvalue weighted by molar-refractivity contribution is 5.94. The van der Waals surface area contributed by atoms with Gasteiger partial charge in [0.05, 0.1) is 12.0 Å². The first-order valence-corrected chi connectivity index (χ1v) is 12.4. The number of carbonyl (C=O) groups excluding carboxylic acids is 2. The fraction of sp³-hybridized carbons (Fsp3) is 0.241. The van der Waals surface area contributed by atoms with Gasteiger partial charge in [-0.2, -0.15) is 0 Å². The minimum atomic E-state index is -0.301. The first-order valence-electron chi connectivity index (χ1n) is 12.4. The number of anilines is 1. The Hall–Kier alpha value is -4.46. The summed E-state index contributed by atoms with van der Waals surface area (Å²) in [5.74, 6) is 0.629. The molecule has 1 aliphatic heterocycles. The third-order valence-corrected chi connectivity index (χ3v) is 6.52. The Morgan fingerprint density at radius 3 is 2.27 bits per heavy atom. The van der Waals surface area contributed by atoms with Crippen molar-refractivity contribution in [3.63, 3.8) is 0 Å². The summed E-state index contributed by atoms with van der Waals surface area (Å²) in [5, 5.41) is 8.83. The largest absolute Gasteiger partial charge is 0.459 e. The van der Waals surface area contributed by atoms with E-state index in [1.54, 1.807) is 17.0 Å². The molecule has 2 aromatic heterocycles. The number of hydrogen-bond acceptors (Lipinski definition) is 6. The molecule has 188 valence electrons. The van der Waals surface area contributed by atoms with Gasteiger partial charge in [0.2, 0.25) is 5.91 Å². The maximum Gasteiger partial charge on any atom is 0.290 e. The van der Waals surface area contributed by atoms with Gasteiger partial charge in [0, 0.05) is 38.3 Å². The third-order valence-electron chi connectivity index (χ3n) is 6.52. The van der Waals surface area contributed by atoms with Crippen molar-refractivity contribution in [3.05, 3.63) is 102 Å². The molecule has 0 N–H and O–H groups in total. The van der Waals surface area contributed by atoms with E-state index in [1.165, 1.54) is 16.7 Å². The summed E-state index contributed by atoms with van der Waals surface area (Å²) in [6, 6.07) is 25.1. The molecule has 0 radical (unpaired) electrons. The van der Waals surface area contributed by atoms with E-state index in [0.29, 0.717) is 32.7 Å². The normalized spacial score (nSPS) is 13.4. The molecule has 2 aromatic carbocycles. The number of hydrogen-bond donors (Lipinski definition) is 0. The van der Waals surface area contributed by atoms with E-state index in [9.17, 15) is 9.59 Å². The van der Waals surface area contributed by atoms with Crippen molar-refractivity contribution in [2.24, 2.45) is 0 Å². The zero-order chi connectivity index (χ0) is 25.6. The van der Waals surface area contributed by atoms with Crippen molar-refractivity contribution in [1.29, 1.82) is 0 Å². The molecule has 0 atom stereocenters. The highest BCUT2D eigenvalue weighted by Crippen LogP contribution is 2.20. The minimum absolute atomic E-state index is 0.0144. The van der Waals surface area contributed by atoms with Crippen LogP contribution in [0.25, 0.3) is 11.3 Å². The van der Waals surface area contributed by atoms with Gasteiger partial charge in [0.25, 0.3) is 5.91 Å². The summed E-state index contributed by atoms with van der Waals surface area (Å²) in [6.45, 7) is 4.77. The number of nitrogens with zero attached hydrogens (tertiary/aromatic N) is 5. The maximum absolute atomic E-state index is 13.2. The topological polar surface area (TPSA) is 82.8 Å². The molecule has 0 aliphatic carbocycles. The number of piperazine rings is 1. The minimum Gasteiger partial charge on any atom is -0.459 e. The Bertz CT molecular complexity index is 1310. The molecule has 1 fully saturated rings. The van der Waals surface area contributed by atoms with Gasteiger partial charge in [0.15, 0.2) is 11.6 Å². The fourth-order valence-corrected chi connectivity index (χ4v) is 4.38. The molecule has 8 heteroatoms. The van der Waals surface area contributed by atoms with Crippen molar-refractivity contribution in [1.82, 2.24) is 20.0 Å². The lowest BCUT2D eigenvalue weighted by Gasteiger charge is -2.36. The molecule has 4 aromatic rings. The van der Waals surface area contributed by atoms with E-state index in [0.717, 1.165) is 22.6 Å². The number of aromatic nitrogens is 2. The predicted molar refractivity (Wildman–Crippen MR) is 141 cm³/mol. The smallest absolute Gasteiger partial charge is 0.290 e. The van der Waals surface area contributed by atoms with Gasteiger partial charge < -0.3 is 19.1 Å². The van der Waals surface area contributed by atoms with Crippen LogP contribution in [0.1, 0.15) is 21.7 Å². The van der Waals surface area contributed by atoms with Crippen LogP contribution < -0.4 is 4.90 Å². The molecular weight excluding hydrogens is 466 g/mol. The van der Waals surface area contributed by atoms with Crippen LogP contribution in [0.3, 0.4) is 0 Å². The highest BCUT2D eigenvalue weighted by atomic mass is 16.3. The zero-order valence-electron chi connectivity index (χ0n) is 20.8. The lowest BCUT2D eigenvalue weighted by atomic mass is 10.1. The van der Waals surface area contributed by atoms with E-state index < -0.39 is 0 Å². The van der Waals surface area contributed by atoms with Gasteiger partial charge in [-0.3, -0.25) is 9.59 Å². The van der Waals surface area contributed by atoms with Crippen molar-refractivity contribution in [2.45, 2.75) is 13.5 Å². The Morgan fingerprint density at radius 2 is 1.62 bits per heavy atom. The standard InChI is InChI=1S/C29H29N5O3/c1-22-9-11-24(12-10-22)25-13-14-27(31-30-25)32-15-17-33(18-16-32)28(35)21-34(20-23-6-3-2-4-7-23)29(36)26-8-5-19-37-26/h2-14,19H,15-18,20-21H2,1H3. The van der Waals surface area contributed by atoms with E-state index in [4.69, 9.17) is 4.42 Å². The summed E-state index contributed by atoms with van der Waals surface area (Å²) < 4.78 is 5.31. The second-order valence-corrected chi connectivity index (χ2v) is 9.13. The zero-order valence-corrected chi connectivity index (χ0v) is 20.8. The average molecular weight is 496 g/mol. The molecule has 0 saturated carbocycles. The molecule has 2 amide bonds. The second kappa shape index (κ2) is 11.1. The quantitative estimate of drug-likeness (QED) is 0.385. The van der Waals surface area contributed by atoms with Crippen molar-refractivity contribution in [2.75, 3.05) is 37.6 Å². The molecule has 5 rings (SSSR count). The first kappa shape index (κ1) is 24.2. The molecule has 0 spiro atoms. The molecule has 1 saturated heterocycles. The van der Waals surface area contributed by atoms with Gasteiger partial charge >= 0.3 is 0 Å². The number of rotatable bonds is 7. The van der Waals surface area contributed by atoms with Gasteiger partial charge in [-0.05, 0) is 36.8 Å². The molecule has 3 heterocycles. The van der Waals surface area contributed by atoms with Crippen LogP contribution in [0.2, 0.25) is 0 Å². The predicted octanol–water partition coefficient (Wildman–Crippen LogP) is 4.04. The summed E-state index contributed by atoms with van der Waals surface area (Å²) in [7, 11) is 0. The Kier molecular flexibility index (Phi) is 7.26. The Morgan fingerprint density at radius 1 is 0.865 bits per heavy atom. The average Bonchev–Trinajstić information content (AvgIpc) is 3.49. The second-order valence-electron chi connectivity index (χ2n) is 9.13. The van der Waals surface area contributed by atoms with E-state index in [-0.39, 0.29) is 24.1 Å². The Labute approximate surface area is 216 Å². The lowest BCUT2D eigenvalue weighted by molar-refractivity contribution is -0.132. The monoisotopic (exact) mass is 495 g/mol. The number of carbonyl (C=O) groups is 2. The number of furan rings is 1. The van der Waals surface area contributed by atoms with Crippen LogP contribution in [0, 0.1) is 6.92 Å². The van der Waals surface area contributed by atoms with Crippen LogP contribution in [0.4, 0.5) is 5.82 Å². The molecule has 37 heavy (non-hydrogen) atoms. The summed E-state index contributed by atoms with van der Waals surface area (Å²) in [4.78, 5) is 31.7. The van der Waals surface area contributed by atoms with Gasteiger partial charge in [-0.25, -0.2) is 0 Å². The molecule has 1 aliphatic rings. The van der Waals surface area contributed by atoms with Crippen LogP contribution in [0.5, 0.6) is 0 Å². The lowest BCUT2D eigenvalue weighted by Crippen LogP contribution is -2.52. The van der Waals surface area contributed by atoms with Gasteiger partial charge in [-0.1, -0.05) is 60.2 Å². The van der Waals surface area contributed by atoms with Crippen molar-refractivity contribution < 1.29 is 14.0 Å². The molecule has 8 nitrogen and oxygen atoms in total. The van der Waals surface area contributed by atoms with Crippen molar-refractivity contribution in [3.8, 4) is 11.3 Å². The summed E-state index contributed by atoms with van der Waals surface area (Å²) in [5.41, 5.74) is 4.02. The van der Waals surface area contributed by atoms with E-state index in [1.807, 2.05) is 54.6 Å². The summed E-state index contributed by atoms with van der Waals surface area (Å²) >= 11 is 0. The van der Waals surface area contributed by atoms with Crippen LogP contribution >= 0.6 is 0 Å². The van der Waals surface area contributed by atoms with E-state index in [2.05, 4.69) is 34.2 Å². The van der Waals surface area contributed by atoms with Gasteiger partial charge in [0.1, 0.15) is 6.54 Å². The number of benzene rings is 2. The third kappa shape index (κ3) is 5.86. The van der Waals surface area contributed by atoms with Gasteiger partial charge in [-0.15, -0.1) is 10.2 Å². The maximum atomic E-state index is 13.2. The number of amides is 2. The SMILES string of the molecule is Cc1ccc(-c2ccc(N3CCN(C(=O)CN(Cc4ccccc4)C(=O)c4ccco4)CC3)nn2)cc1.